The number of phenolic OH excluding ortho intramolecular Hbond substituents is 1. The number of benzene rings is 2. The van der Waals surface area contributed by atoms with Crippen molar-refractivity contribution in [3.63, 3.8) is 0 Å². The molecule has 3 rings (SSSR count). The SMILES string of the molecule is COCOc1ccc(-c2cc(-c3cc(C)c(O)c(C)c3)cnc2N)cc1. The molecule has 0 atom stereocenters. The summed E-state index contributed by atoms with van der Waals surface area (Å²) in [5.41, 5.74) is 11.5. The first kappa shape index (κ1) is 17.8. The summed E-state index contributed by atoms with van der Waals surface area (Å²) in [6.45, 7) is 3.98. The lowest BCUT2D eigenvalue weighted by Crippen LogP contribution is -1.99. The number of anilines is 1. The summed E-state index contributed by atoms with van der Waals surface area (Å²) in [4.78, 5) is 4.35. The van der Waals surface area contributed by atoms with Gasteiger partial charge >= 0.3 is 0 Å². The van der Waals surface area contributed by atoms with Crippen molar-refractivity contribution >= 4 is 5.82 Å². The van der Waals surface area contributed by atoms with Gasteiger partial charge in [0, 0.05) is 24.4 Å². The van der Waals surface area contributed by atoms with E-state index in [-0.39, 0.29) is 6.79 Å². The molecule has 0 saturated heterocycles. The number of aryl methyl sites for hydroxylation is 2. The van der Waals surface area contributed by atoms with E-state index in [1.165, 1.54) is 0 Å². The van der Waals surface area contributed by atoms with Gasteiger partial charge in [-0.25, -0.2) is 4.98 Å². The molecule has 0 aliphatic rings. The molecule has 0 saturated carbocycles. The van der Waals surface area contributed by atoms with Crippen LogP contribution in [-0.4, -0.2) is 24.0 Å². The van der Waals surface area contributed by atoms with Crippen molar-refractivity contribution in [1.29, 1.82) is 0 Å². The third kappa shape index (κ3) is 3.63. The number of aromatic hydroxyl groups is 1. The van der Waals surface area contributed by atoms with Crippen molar-refractivity contribution < 1.29 is 14.6 Å². The van der Waals surface area contributed by atoms with Crippen LogP contribution in [0, 0.1) is 13.8 Å². The molecule has 1 heterocycles. The maximum Gasteiger partial charge on any atom is 0.188 e. The highest BCUT2D eigenvalue weighted by molar-refractivity contribution is 5.80. The molecular formula is C21H22N2O3. The van der Waals surface area contributed by atoms with Gasteiger partial charge in [-0.1, -0.05) is 12.1 Å². The van der Waals surface area contributed by atoms with Crippen molar-refractivity contribution in [3.8, 4) is 33.8 Å². The topological polar surface area (TPSA) is 77.6 Å². The van der Waals surface area contributed by atoms with Gasteiger partial charge in [0.15, 0.2) is 6.79 Å². The van der Waals surface area contributed by atoms with Gasteiger partial charge in [0.25, 0.3) is 0 Å². The number of nitrogens with two attached hydrogens (primary N) is 1. The van der Waals surface area contributed by atoms with E-state index in [0.717, 1.165) is 39.1 Å². The highest BCUT2D eigenvalue weighted by Crippen LogP contribution is 2.33. The van der Waals surface area contributed by atoms with Crippen LogP contribution in [0.5, 0.6) is 11.5 Å². The first-order valence-corrected chi connectivity index (χ1v) is 8.28. The highest BCUT2D eigenvalue weighted by atomic mass is 16.7. The predicted molar refractivity (Wildman–Crippen MR) is 103 cm³/mol. The number of methoxy groups -OCH3 is 1. The number of nitrogen functional groups attached to an aromatic ring is 1. The Labute approximate surface area is 153 Å². The molecule has 0 unspecified atom stereocenters. The van der Waals surface area contributed by atoms with Crippen LogP contribution in [0.1, 0.15) is 11.1 Å². The molecule has 0 radical (unpaired) electrons. The molecule has 3 aromatic rings. The van der Waals surface area contributed by atoms with E-state index in [4.69, 9.17) is 15.2 Å². The zero-order valence-corrected chi connectivity index (χ0v) is 15.1. The van der Waals surface area contributed by atoms with Gasteiger partial charge in [-0.15, -0.1) is 0 Å². The average Bonchev–Trinajstić information content (AvgIpc) is 2.65. The quantitative estimate of drug-likeness (QED) is 0.671. The Hall–Kier alpha value is -3.05. The minimum absolute atomic E-state index is 0.206. The maximum atomic E-state index is 9.99. The maximum absolute atomic E-state index is 9.99. The monoisotopic (exact) mass is 350 g/mol. The summed E-state index contributed by atoms with van der Waals surface area (Å²) in [6, 6.07) is 13.5. The summed E-state index contributed by atoms with van der Waals surface area (Å²) in [6.07, 6.45) is 1.75. The van der Waals surface area contributed by atoms with Gasteiger partial charge in [0.05, 0.1) is 0 Å². The third-order valence-electron chi connectivity index (χ3n) is 4.25. The second-order valence-corrected chi connectivity index (χ2v) is 6.19. The number of pyridine rings is 1. The van der Waals surface area contributed by atoms with Gasteiger partial charge in [-0.05, 0) is 66.4 Å². The third-order valence-corrected chi connectivity index (χ3v) is 4.25. The van der Waals surface area contributed by atoms with E-state index < -0.39 is 0 Å². The first-order chi connectivity index (χ1) is 12.5. The van der Waals surface area contributed by atoms with E-state index in [9.17, 15) is 5.11 Å². The van der Waals surface area contributed by atoms with E-state index >= 15 is 0 Å². The molecule has 0 amide bonds. The number of hydrogen-bond donors (Lipinski definition) is 2. The molecule has 0 fully saturated rings. The number of aromatic nitrogens is 1. The van der Waals surface area contributed by atoms with Crippen LogP contribution >= 0.6 is 0 Å². The highest BCUT2D eigenvalue weighted by Gasteiger charge is 2.10. The lowest BCUT2D eigenvalue weighted by molar-refractivity contribution is 0.0511. The number of phenols is 1. The smallest absolute Gasteiger partial charge is 0.188 e. The lowest BCUT2D eigenvalue weighted by atomic mass is 9.98. The Bertz CT molecular complexity index is 898. The molecule has 26 heavy (non-hydrogen) atoms. The molecule has 3 N–H and O–H groups in total. The summed E-state index contributed by atoms with van der Waals surface area (Å²) < 4.78 is 10.3. The van der Waals surface area contributed by atoms with Gasteiger partial charge in [-0.2, -0.15) is 0 Å². The lowest BCUT2D eigenvalue weighted by Gasteiger charge is -2.12. The zero-order valence-electron chi connectivity index (χ0n) is 15.1. The number of nitrogens with zero attached hydrogens (tertiary/aromatic N) is 1. The van der Waals surface area contributed by atoms with Crippen molar-refractivity contribution in [2.24, 2.45) is 0 Å². The molecule has 1 aromatic heterocycles. The molecular weight excluding hydrogens is 328 g/mol. The summed E-state index contributed by atoms with van der Waals surface area (Å²) in [5, 5.41) is 9.99. The van der Waals surface area contributed by atoms with Gasteiger partial charge in [0.1, 0.15) is 17.3 Å². The summed E-state index contributed by atoms with van der Waals surface area (Å²) in [5.74, 6) is 1.51. The Morgan fingerprint density at radius 1 is 0.962 bits per heavy atom. The molecule has 5 nitrogen and oxygen atoms in total. The second-order valence-electron chi connectivity index (χ2n) is 6.19. The molecule has 0 aliphatic heterocycles. The van der Waals surface area contributed by atoms with E-state index in [1.54, 1.807) is 13.3 Å². The Balaban J connectivity index is 1.98. The zero-order chi connectivity index (χ0) is 18.7. The van der Waals surface area contributed by atoms with Crippen LogP contribution < -0.4 is 10.5 Å². The van der Waals surface area contributed by atoms with E-state index in [0.29, 0.717) is 11.6 Å². The summed E-state index contributed by atoms with van der Waals surface area (Å²) in [7, 11) is 1.58. The summed E-state index contributed by atoms with van der Waals surface area (Å²) >= 11 is 0. The van der Waals surface area contributed by atoms with Crippen LogP contribution in [0.3, 0.4) is 0 Å². The minimum Gasteiger partial charge on any atom is -0.507 e. The van der Waals surface area contributed by atoms with Crippen LogP contribution in [0.25, 0.3) is 22.3 Å². The Kier molecular flexibility index (Phi) is 5.09. The van der Waals surface area contributed by atoms with Crippen molar-refractivity contribution in [3.05, 3.63) is 59.8 Å². The molecule has 134 valence electrons. The Morgan fingerprint density at radius 3 is 2.23 bits per heavy atom. The molecule has 0 spiro atoms. The second kappa shape index (κ2) is 7.45. The average molecular weight is 350 g/mol. The minimum atomic E-state index is 0.206. The van der Waals surface area contributed by atoms with Crippen molar-refractivity contribution in [2.45, 2.75) is 13.8 Å². The molecule has 0 aliphatic carbocycles. The normalized spacial score (nSPS) is 10.7. The first-order valence-electron chi connectivity index (χ1n) is 8.28. The van der Waals surface area contributed by atoms with Crippen LogP contribution in [0.2, 0.25) is 0 Å². The largest absolute Gasteiger partial charge is 0.507 e. The fourth-order valence-electron chi connectivity index (χ4n) is 2.84. The molecule has 0 bridgehead atoms. The molecule has 2 aromatic carbocycles. The Morgan fingerprint density at radius 2 is 1.62 bits per heavy atom. The molecule has 5 heteroatoms. The van der Waals surface area contributed by atoms with Crippen LogP contribution in [0.4, 0.5) is 5.82 Å². The van der Waals surface area contributed by atoms with E-state index in [2.05, 4.69) is 4.98 Å². The number of rotatable bonds is 5. The van der Waals surface area contributed by atoms with Crippen LogP contribution in [-0.2, 0) is 4.74 Å². The predicted octanol–water partition coefficient (Wildman–Crippen LogP) is 4.30. The standard InChI is InChI=1S/C21H22N2O3/c1-13-8-16(9-14(2)20(13)24)17-10-19(21(22)23-11-17)15-4-6-18(7-5-15)26-12-25-3/h4-11,24H,12H2,1-3H3,(H2,22,23). The van der Waals surface area contributed by atoms with Crippen molar-refractivity contribution in [1.82, 2.24) is 4.98 Å². The fourth-order valence-corrected chi connectivity index (χ4v) is 2.84. The number of ether oxygens (including phenoxy) is 2. The van der Waals surface area contributed by atoms with Crippen molar-refractivity contribution in [2.75, 3.05) is 19.6 Å². The fraction of sp³-hybridized carbons (Fsp3) is 0.190. The van der Waals surface area contributed by atoms with Gasteiger partial charge in [-0.3, -0.25) is 0 Å². The van der Waals surface area contributed by atoms with Gasteiger partial charge < -0.3 is 20.3 Å². The van der Waals surface area contributed by atoms with Crippen LogP contribution in [0.15, 0.2) is 48.7 Å². The number of hydrogen-bond acceptors (Lipinski definition) is 5. The van der Waals surface area contributed by atoms with Gasteiger partial charge in [0.2, 0.25) is 0 Å². The van der Waals surface area contributed by atoms with E-state index in [1.807, 2.05) is 56.3 Å².